The number of fused-ring (bicyclic) bond motifs is 2. The van der Waals surface area contributed by atoms with E-state index in [4.69, 9.17) is 9.72 Å². The van der Waals surface area contributed by atoms with Gasteiger partial charge in [-0.15, -0.1) is 11.3 Å². The second kappa shape index (κ2) is 11.0. The summed E-state index contributed by atoms with van der Waals surface area (Å²) < 4.78 is 5.54. The highest BCUT2D eigenvalue weighted by Crippen LogP contribution is 2.36. The standard InChI is InChI=1S/C29H30N2O3S/c32-26(30-16-15-20-8-2-1-3-9-20)19-34-29(33)27-23-12-4-5-14-25(23)31-28-21(10-6-13-24(27)28)18-22-11-7-17-35-22/h4-5,7-8,11-12,14,17-18H,1-3,6,9-10,13,15-16,19H2,(H,30,32). The molecule has 0 aliphatic heterocycles. The molecule has 0 unspecified atom stereocenters. The first kappa shape index (κ1) is 23.5. The van der Waals surface area contributed by atoms with Crippen LogP contribution in [-0.4, -0.2) is 30.0 Å². The van der Waals surface area contributed by atoms with Gasteiger partial charge in [0, 0.05) is 16.8 Å². The van der Waals surface area contributed by atoms with Crippen LogP contribution in [0.25, 0.3) is 22.6 Å². The minimum atomic E-state index is -0.456. The van der Waals surface area contributed by atoms with Gasteiger partial charge in [-0.1, -0.05) is 35.9 Å². The summed E-state index contributed by atoms with van der Waals surface area (Å²) in [5.41, 5.74) is 5.66. The Morgan fingerprint density at radius 1 is 1.06 bits per heavy atom. The lowest BCUT2D eigenvalue weighted by atomic mass is 9.86. The van der Waals surface area contributed by atoms with Gasteiger partial charge in [0.2, 0.25) is 0 Å². The molecular formula is C29H30N2O3S. The predicted molar refractivity (Wildman–Crippen MR) is 141 cm³/mol. The smallest absolute Gasteiger partial charge is 0.339 e. The lowest BCUT2D eigenvalue weighted by Gasteiger charge is -2.22. The molecule has 6 heteroatoms. The second-order valence-corrected chi connectivity index (χ2v) is 10.1. The molecule has 2 aliphatic rings. The Morgan fingerprint density at radius 3 is 2.80 bits per heavy atom. The summed E-state index contributed by atoms with van der Waals surface area (Å²) in [5.74, 6) is -0.720. The van der Waals surface area contributed by atoms with Crippen molar-refractivity contribution in [1.29, 1.82) is 0 Å². The number of para-hydroxylation sites is 1. The van der Waals surface area contributed by atoms with E-state index in [1.807, 2.05) is 30.3 Å². The van der Waals surface area contributed by atoms with Crippen LogP contribution < -0.4 is 5.32 Å². The van der Waals surface area contributed by atoms with E-state index >= 15 is 0 Å². The van der Waals surface area contributed by atoms with Crippen molar-refractivity contribution in [3.8, 4) is 0 Å². The van der Waals surface area contributed by atoms with Gasteiger partial charge < -0.3 is 10.1 Å². The van der Waals surface area contributed by atoms with Gasteiger partial charge in [-0.25, -0.2) is 9.78 Å². The highest BCUT2D eigenvalue weighted by molar-refractivity contribution is 7.10. The number of carbonyl (C=O) groups is 2. The average molecular weight is 487 g/mol. The maximum atomic E-state index is 13.3. The Labute approximate surface area is 209 Å². The number of thiophene rings is 1. The van der Waals surface area contributed by atoms with Crippen LogP contribution in [0.15, 0.2) is 53.4 Å². The first-order valence-corrected chi connectivity index (χ1v) is 13.3. The van der Waals surface area contributed by atoms with Crippen molar-refractivity contribution in [2.75, 3.05) is 13.2 Å². The molecule has 0 atom stereocenters. The molecule has 5 rings (SSSR count). The molecular weight excluding hydrogens is 456 g/mol. The highest BCUT2D eigenvalue weighted by atomic mass is 32.1. The van der Waals surface area contributed by atoms with E-state index in [1.54, 1.807) is 11.3 Å². The van der Waals surface area contributed by atoms with Crippen LogP contribution in [0.5, 0.6) is 0 Å². The number of esters is 1. The summed E-state index contributed by atoms with van der Waals surface area (Å²) in [4.78, 5) is 31.8. The number of pyridine rings is 1. The summed E-state index contributed by atoms with van der Waals surface area (Å²) >= 11 is 1.69. The number of rotatable bonds is 7. The molecule has 2 aliphatic carbocycles. The number of amides is 1. The Bertz CT molecular complexity index is 1290. The zero-order chi connectivity index (χ0) is 24.0. The third-order valence-electron chi connectivity index (χ3n) is 6.72. The Kier molecular flexibility index (Phi) is 7.38. The molecule has 5 nitrogen and oxygen atoms in total. The van der Waals surface area contributed by atoms with Gasteiger partial charge in [-0.2, -0.15) is 0 Å². The van der Waals surface area contributed by atoms with Crippen LogP contribution in [0.4, 0.5) is 0 Å². The maximum Gasteiger partial charge on any atom is 0.339 e. The third-order valence-corrected chi connectivity index (χ3v) is 7.54. The van der Waals surface area contributed by atoms with Gasteiger partial charge in [-0.3, -0.25) is 4.79 Å². The normalized spacial score (nSPS) is 16.6. The number of benzene rings is 1. The van der Waals surface area contributed by atoms with E-state index in [-0.39, 0.29) is 12.5 Å². The van der Waals surface area contributed by atoms with Crippen molar-refractivity contribution in [2.24, 2.45) is 0 Å². The Morgan fingerprint density at radius 2 is 1.97 bits per heavy atom. The predicted octanol–water partition coefficient (Wildman–Crippen LogP) is 6.34. The number of carbonyl (C=O) groups excluding carboxylic acids is 2. The number of nitrogens with zero attached hydrogens (tertiary/aromatic N) is 1. The number of hydrogen-bond donors (Lipinski definition) is 1. The van der Waals surface area contributed by atoms with Crippen LogP contribution in [0.1, 0.15) is 71.4 Å². The third kappa shape index (κ3) is 5.54. The molecule has 0 saturated heterocycles. The fourth-order valence-corrected chi connectivity index (χ4v) is 5.68. The molecule has 1 N–H and O–H groups in total. The monoisotopic (exact) mass is 486 g/mol. The molecule has 1 aromatic carbocycles. The van der Waals surface area contributed by atoms with E-state index in [0.29, 0.717) is 12.1 Å². The van der Waals surface area contributed by atoms with Crippen molar-refractivity contribution >= 4 is 45.8 Å². The lowest BCUT2D eigenvalue weighted by Crippen LogP contribution is -2.30. The summed E-state index contributed by atoms with van der Waals surface area (Å²) in [6, 6.07) is 11.8. The first-order valence-electron chi connectivity index (χ1n) is 12.5. The molecule has 0 bridgehead atoms. The molecule has 0 radical (unpaired) electrons. The molecule has 35 heavy (non-hydrogen) atoms. The minimum absolute atomic E-state index is 0.264. The van der Waals surface area contributed by atoms with Gasteiger partial charge in [0.05, 0.1) is 16.8 Å². The van der Waals surface area contributed by atoms with Crippen molar-refractivity contribution in [3.63, 3.8) is 0 Å². The van der Waals surface area contributed by atoms with Crippen molar-refractivity contribution < 1.29 is 14.3 Å². The van der Waals surface area contributed by atoms with Crippen LogP contribution in [0, 0.1) is 0 Å². The van der Waals surface area contributed by atoms with Crippen LogP contribution >= 0.6 is 11.3 Å². The molecule has 180 valence electrons. The minimum Gasteiger partial charge on any atom is -0.452 e. The van der Waals surface area contributed by atoms with Crippen LogP contribution in [-0.2, 0) is 16.0 Å². The van der Waals surface area contributed by atoms with E-state index in [9.17, 15) is 9.59 Å². The lowest BCUT2D eigenvalue weighted by molar-refractivity contribution is -0.124. The Hall–Kier alpha value is -3.25. The topological polar surface area (TPSA) is 68.3 Å². The van der Waals surface area contributed by atoms with E-state index in [1.165, 1.54) is 23.3 Å². The molecule has 0 spiro atoms. The molecule has 0 fully saturated rings. The molecule has 1 amide bonds. The van der Waals surface area contributed by atoms with Crippen LogP contribution in [0.3, 0.4) is 0 Å². The second-order valence-electron chi connectivity index (χ2n) is 9.15. The number of ether oxygens (including phenoxy) is 1. The summed E-state index contributed by atoms with van der Waals surface area (Å²) in [5, 5.41) is 5.73. The molecule has 2 heterocycles. The van der Waals surface area contributed by atoms with E-state index in [0.717, 1.165) is 66.3 Å². The highest BCUT2D eigenvalue weighted by Gasteiger charge is 2.26. The quantitative estimate of drug-likeness (QED) is 0.313. The number of hydrogen-bond acceptors (Lipinski definition) is 5. The number of aromatic nitrogens is 1. The van der Waals surface area contributed by atoms with Gasteiger partial charge in [0.1, 0.15) is 0 Å². The van der Waals surface area contributed by atoms with Gasteiger partial charge in [0.25, 0.3) is 5.91 Å². The fourth-order valence-electron chi connectivity index (χ4n) is 5.00. The largest absolute Gasteiger partial charge is 0.452 e. The molecule has 2 aromatic heterocycles. The van der Waals surface area contributed by atoms with Crippen LogP contribution in [0.2, 0.25) is 0 Å². The van der Waals surface area contributed by atoms with Crippen molar-refractivity contribution in [2.45, 2.75) is 51.4 Å². The number of allylic oxidation sites excluding steroid dienone is 2. The van der Waals surface area contributed by atoms with Gasteiger partial charge in [0.15, 0.2) is 6.61 Å². The van der Waals surface area contributed by atoms with Crippen molar-refractivity contribution in [3.05, 3.63) is 75.1 Å². The number of nitrogens with one attached hydrogen (secondary N) is 1. The van der Waals surface area contributed by atoms with Gasteiger partial charge >= 0.3 is 5.97 Å². The average Bonchev–Trinajstić information content (AvgIpc) is 3.40. The maximum absolute atomic E-state index is 13.3. The van der Waals surface area contributed by atoms with Gasteiger partial charge in [-0.05, 0) is 86.1 Å². The molecule has 0 saturated carbocycles. The summed E-state index contributed by atoms with van der Waals surface area (Å²) in [6.07, 6.45) is 12.7. The fraction of sp³-hybridized carbons (Fsp3) is 0.345. The summed E-state index contributed by atoms with van der Waals surface area (Å²) in [6.45, 7) is 0.299. The zero-order valence-electron chi connectivity index (χ0n) is 19.8. The van der Waals surface area contributed by atoms with E-state index < -0.39 is 5.97 Å². The Balaban J connectivity index is 1.34. The first-order chi connectivity index (χ1) is 17.2. The van der Waals surface area contributed by atoms with Crippen molar-refractivity contribution in [1.82, 2.24) is 10.3 Å². The molecule has 3 aromatic rings. The zero-order valence-corrected chi connectivity index (χ0v) is 20.7. The summed E-state index contributed by atoms with van der Waals surface area (Å²) in [7, 11) is 0. The SMILES string of the molecule is O=C(COC(=O)c1c2c(nc3ccccc13)C(=Cc1cccs1)CCC2)NCCC1=CCCCC1. The van der Waals surface area contributed by atoms with E-state index in [2.05, 4.69) is 28.9 Å².